The number of aromatic nitrogens is 3. The fourth-order valence-electron chi connectivity index (χ4n) is 2.31. The molecule has 2 heterocycles. The number of nitrogens with two attached hydrogens (primary N) is 1. The average Bonchev–Trinajstić information content (AvgIpc) is 2.89. The van der Waals surface area contributed by atoms with Crippen molar-refractivity contribution in [2.45, 2.75) is 20.4 Å². The Morgan fingerprint density at radius 1 is 1.26 bits per heavy atom. The van der Waals surface area contributed by atoms with Crippen molar-refractivity contribution in [3.8, 4) is 11.3 Å². The van der Waals surface area contributed by atoms with Gasteiger partial charge in [0.25, 0.3) is 0 Å². The molecule has 0 aliphatic carbocycles. The van der Waals surface area contributed by atoms with Crippen molar-refractivity contribution in [3.05, 3.63) is 35.6 Å². The van der Waals surface area contributed by atoms with E-state index in [1.54, 1.807) is 0 Å². The first kappa shape index (κ1) is 11.9. The van der Waals surface area contributed by atoms with Gasteiger partial charge in [-0.15, -0.1) is 0 Å². The van der Waals surface area contributed by atoms with Gasteiger partial charge < -0.3 is 14.7 Å². The molecule has 0 aliphatic heterocycles. The molecule has 0 amide bonds. The summed E-state index contributed by atoms with van der Waals surface area (Å²) in [6.07, 6.45) is 0. The second-order valence-corrected chi connectivity index (χ2v) is 4.63. The third-order valence-corrected chi connectivity index (χ3v) is 3.40. The molecule has 1 aromatic carbocycles. The minimum absolute atomic E-state index is 0.461. The maximum Gasteiger partial charge on any atom is 0.192 e. The Hall–Kier alpha value is -2.14. The summed E-state index contributed by atoms with van der Waals surface area (Å²) < 4.78 is 7.50. The third-order valence-electron chi connectivity index (χ3n) is 3.40. The summed E-state index contributed by atoms with van der Waals surface area (Å²) >= 11 is 0. The first-order valence-electron chi connectivity index (χ1n) is 6.20. The van der Waals surface area contributed by atoms with Crippen molar-refractivity contribution >= 4 is 11.1 Å². The third kappa shape index (κ3) is 1.82. The Balaban J connectivity index is 2.21. The standard InChI is InChI=1S/C14H16N4O/c1-8-16-14(12(7-15)18(8)3)10-4-5-13-11(6-10)17-9(2)19-13/h4-6H,7,15H2,1-3H3. The molecule has 5 nitrogen and oxygen atoms in total. The van der Waals surface area contributed by atoms with Crippen LogP contribution in [-0.2, 0) is 13.6 Å². The van der Waals surface area contributed by atoms with E-state index in [1.165, 1.54) is 0 Å². The van der Waals surface area contributed by atoms with E-state index < -0.39 is 0 Å². The van der Waals surface area contributed by atoms with Crippen LogP contribution in [-0.4, -0.2) is 14.5 Å². The molecule has 2 N–H and O–H groups in total. The topological polar surface area (TPSA) is 69.9 Å². The molecule has 98 valence electrons. The first-order chi connectivity index (χ1) is 9.10. The number of nitrogens with zero attached hydrogens (tertiary/aromatic N) is 3. The number of imidazole rings is 1. The number of oxazole rings is 1. The maximum atomic E-state index is 5.82. The van der Waals surface area contributed by atoms with E-state index in [2.05, 4.69) is 9.97 Å². The first-order valence-corrected chi connectivity index (χ1v) is 6.20. The van der Waals surface area contributed by atoms with Gasteiger partial charge in [-0.05, 0) is 25.1 Å². The summed E-state index contributed by atoms with van der Waals surface area (Å²) in [4.78, 5) is 8.94. The lowest BCUT2D eigenvalue weighted by molar-refractivity contribution is 0.561. The van der Waals surface area contributed by atoms with Gasteiger partial charge in [0.05, 0.1) is 11.4 Å². The van der Waals surface area contributed by atoms with E-state index in [0.29, 0.717) is 12.4 Å². The van der Waals surface area contributed by atoms with Crippen molar-refractivity contribution in [2.75, 3.05) is 0 Å². The summed E-state index contributed by atoms with van der Waals surface area (Å²) in [5, 5.41) is 0. The van der Waals surface area contributed by atoms with Gasteiger partial charge in [-0.25, -0.2) is 9.97 Å². The molecule has 0 atom stereocenters. The molecular weight excluding hydrogens is 240 g/mol. The number of rotatable bonds is 2. The van der Waals surface area contributed by atoms with Crippen LogP contribution >= 0.6 is 0 Å². The molecule has 0 spiro atoms. The SMILES string of the molecule is Cc1nc2cc(-c3nc(C)n(C)c3CN)ccc2o1. The van der Waals surface area contributed by atoms with Gasteiger partial charge in [0, 0.05) is 26.1 Å². The van der Waals surface area contributed by atoms with Gasteiger partial charge in [0.1, 0.15) is 11.3 Å². The number of hydrogen-bond acceptors (Lipinski definition) is 4. The second-order valence-electron chi connectivity index (χ2n) is 4.63. The summed E-state index contributed by atoms with van der Waals surface area (Å²) in [5.41, 5.74) is 10.4. The number of hydrogen-bond donors (Lipinski definition) is 1. The Bertz CT molecular complexity index is 754. The Kier molecular flexibility index (Phi) is 2.64. The Morgan fingerprint density at radius 3 is 2.79 bits per heavy atom. The van der Waals surface area contributed by atoms with Crippen LogP contribution in [0.1, 0.15) is 17.4 Å². The molecule has 0 saturated heterocycles. The van der Waals surface area contributed by atoms with Crippen LogP contribution in [0.15, 0.2) is 22.6 Å². The average molecular weight is 256 g/mol. The normalized spacial score (nSPS) is 11.4. The van der Waals surface area contributed by atoms with Crippen molar-refractivity contribution in [3.63, 3.8) is 0 Å². The second kappa shape index (κ2) is 4.20. The number of fused-ring (bicyclic) bond motifs is 1. The summed E-state index contributed by atoms with van der Waals surface area (Å²) in [5.74, 6) is 1.62. The highest BCUT2D eigenvalue weighted by molar-refractivity contribution is 5.80. The van der Waals surface area contributed by atoms with Crippen LogP contribution in [0.3, 0.4) is 0 Å². The molecule has 3 rings (SSSR count). The predicted octanol–water partition coefficient (Wildman–Crippen LogP) is 2.30. The molecule has 0 saturated carbocycles. The van der Waals surface area contributed by atoms with Crippen molar-refractivity contribution in [1.82, 2.24) is 14.5 Å². The monoisotopic (exact) mass is 256 g/mol. The van der Waals surface area contributed by atoms with Crippen molar-refractivity contribution in [1.29, 1.82) is 0 Å². The Labute approximate surface area is 111 Å². The van der Waals surface area contributed by atoms with Gasteiger partial charge in [-0.3, -0.25) is 0 Å². The van der Waals surface area contributed by atoms with Crippen molar-refractivity contribution in [2.24, 2.45) is 12.8 Å². The minimum Gasteiger partial charge on any atom is -0.441 e. The molecule has 19 heavy (non-hydrogen) atoms. The zero-order valence-corrected chi connectivity index (χ0v) is 11.3. The molecule has 0 fully saturated rings. The van der Waals surface area contributed by atoms with E-state index in [1.807, 2.05) is 43.7 Å². The molecular formula is C14H16N4O. The highest BCUT2D eigenvalue weighted by Crippen LogP contribution is 2.27. The molecule has 2 aromatic heterocycles. The summed E-state index contributed by atoms with van der Waals surface area (Å²) in [6.45, 7) is 4.28. The zero-order chi connectivity index (χ0) is 13.6. The summed E-state index contributed by atoms with van der Waals surface area (Å²) in [6, 6.07) is 5.91. The molecule has 5 heteroatoms. The van der Waals surface area contributed by atoms with E-state index in [0.717, 1.165) is 33.9 Å². The van der Waals surface area contributed by atoms with Gasteiger partial charge in [-0.2, -0.15) is 0 Å². The molecule has 0 unspecified atom stereocenters. The largest absolute Gasteiger partial charge is 0.441 e. The maximum absolute atomic E-state index is 5.82. The van der Waals surface area contributed by atoms with E-state index in [-0.39, 0.29) is 0 Å². The van der Waals surface area contributed by atoms with Crippen LogP contribution < -0.4 is 5.73 Å². The molecule has 0 aliphatic rings. The van der Waals surface area contributed by atoms with Crippen LogP contribution in [0, 0.1) is 13.8 Å². The number of benzene rings is 1. The number of aryl methyl sites for hydroxylation is 2. The van der Waals surface area contributed by atoms with Crippen LogP contribution in [0.25, 0.3) is 22.4 Å². The smallest absolute Gasteiger partial charge is 0.192 e. The lowest BCUT2D eigenvalue weighted by atomic mass is 10.1. The highest BCUT2D eigenvalue weighted by atomic mass is 16.3. The van der Waals surface area contributed by atoms with E-state index >= 15 is 0 Å². The Morgan fingerprint density at radius 2 is 2.05 bits per heavy atom. The van der Waals surface area contributed by atoms with Gasteiger partial charge in [0.15, 0.2) is 11.5 Å². The van der Waals surface area contributed by atoms with Crippen molar-refractivity contribution < 1.29 is 4.42 Å². The minimum atomic E-state index is 0.461. The quantitative estimate of drug-likeness (QED) is 0.763. The highest BCUT2D eigenvalue weighted by Gasteiger charge is 2.14. The summed E-state index contributed by atoms with van der Waals surface area (Å²) in [7, 11) is 1.98. The van der Waals surface area contributed by atoms with Crippen LogP contribution in [0.4, 0.5) is 0 Å². The fraction of sp³-hybridized carbons (Fsp3) is 0.286. The lowest BCUT2D eigenvalue weighted by Crippen LogP contribution is -2.05. The predicted molar refractivity (Wildman–Crippen MR) is 73.6 cm³/mol. The van der Waals surface area contributed by atoms with E-state index in [9.17, 15) is 0 Å². The van der Waals surface area contributed by atoms with Crippen LogP contribution in [0.2, 0.25) is 0 Å². The molecule has 0 radical (unpaired) electrons. The fourth-order valence-corrected chi connectivity index (χ4v) is 2.31. The lowest BCUT2D eigenvalue weighted by Gasteiger charge is -2.03. The van der Waals surface area contributed by atoms with E-state index in [4.69, 9.17) is 10.2 Å². The zero-order valence-electron chi connectivity index (χ0n) is 11.3. The van der Waals surface area contributed by atoms with Gasteiger partial charge >= 0.3 is 0 Å². The van der Waals surface area contributed by atoms with Gasteiger partial charge in [0.2, 0.25) is 0 Å². The molecule has 3 aromatic rings. The van der Waals surface area contributed by atoms with Crippen LogP contribution in [0.5, 0.6) is 0 Å². The van der Waals surface area contributed by atoms with Gasteiger partial charge in [-0.1, -0.05) is 0 Å². The molecule has 0 bridgehead atoms.